The number of nitrogens with one attached hydrogen (secondary N) is 2. The summed E-state index contributed by atoms with van der Waals surface area (Å²) in [6.07, 6.45) is 0.571. The first kappa shape index (κ1) is 19.4. The maximum atomic E-state index is 12.6. The molecule has 0 heterocycles. The van der Waals surface area contributed by atoms with Crippen LogP contribution >= 0.6 is 11.6 Å². The van der Waals surface area contributed by atoms with Crippen molar-refractivity contribution in [2.24, 2.45) is 11.8 Å². The minimum Gasteiger partial charge on any atom is -0.326 e. The van der Waals surface area contributed by atoms with E-state index in [2.05, 4.69) is 31.4 Å². The lowest BCUT2D eigenvalue weighted by molar-refractivity contribution is -0.122. The van der Waals surface area contributed by atoms with Gasteiger partial charge in [0.15, 0.2) is 0 Å². The van der Waals surface area contributed by atoms with Gasteiger partial charge in [0, 0.05) is 16.4 Å². The molecule has 0 saturated heterocycles. The third-order valence-electron chi connectivity index (χ3n) is 4.90. The first-order valence-electron chi connectivity index (χ1n) is 9.14. The molecule has 0 spiro atoms. The van der Waals surface area contributed by atoms with Gasteiger partial charge in [-0.05, 0) is 54.2 Å². The Morgan fingerprint density at radius 3 is 2.15 bits per heavy atom. The summed E-state index contributed by atoms with van der Waals surface area (Å²) in [6.45, 7) is 8.22. The largest absolute Gasteiger partial charge is 0.326 e. The number of aryl methyl sites for hydroxylation is 1. The van der Waals surface area contributed by atoms with Crippen LogP contribution in [-0.2, 0) is 15.0 Å². The van der Waals surface area contributed by atoms with E-state index in [1.54, 1.807) is 18.2 Å². The molecule has 0 aromatic heterocycles. The summed E-state index contributed by atoms with van der Waals surface area (Å²) in [6, 6.07) is 13.1. The van der Waals surface area contributed by atoms with Crippen LogP contribution in [-0.4, -0.2) is 11.8 Å². The maximum absolute atomic E-state index is 12.6. The molecule has 2 aromatic carbocycles. The summed E-state index contributed by atoms with van der Waals surface area (Å²) >= 11 is 5.95. The van der Waals surface area contributed by atoms with Crippen molar-refractivity contribution < 1.29 is 9.59 Å². The van der Waals surface area contributed by atoms with Gasteiger partial charge in [-0.2, -0.15) is 0 Å². The number of carbonyl (C=O) groups excluding carboxylic acids is 2. The minimum absolute atomic E-state index is 0.0731. The molecule has 4 nitrogen and oxygen atoms in total. The lowest BCUT2D eigenvalue weighted by Crippen LogP contribution is -2.23. The Morgan fingerprint density at radius 2 is 1.56 bits per heavy atom. The molecule has 1 fully saturated rings. The summed E-state index contributed by atoms with van der Waals surface area (Å²) in [4.78, 5) is 25.1. The fourth-order valence-electron chi connectivity index (χ4n) is 3.24. The van der Waals surface area contributed by atoms with E-state index in [1.807, 2.05) is 31.2 Å². The second kappa shape index (κ2) is 7.35. The van der Waals surface area contributed by atoms with Crippen LogP contribution in [0.2, 0.25) is 5.02 Å². The van der Waals surface area contributed by atoms with Crippen LogP contribution in [0.4, 0.5) is 11.4 Å². The number of amides is 2. The predicted octanol–water partition coefficient (Wildman–Crippen LogP) is 5.16. The van der Waals surface area contributed by atoms with E-state index in [9.17, 15) is 9.59 Å². The first-order valence-corrected chi connectivity index (χ1v) is 9.52. The third kappa shape index (κ3) is 4.51. The smallest absolute Gasteiger partial charge is 0.228 e. The zero-order chi connectivity index (χ0) is 19.8. The SMILES string of the molecule is Cc1cc(Cl)ccc1NC(=O)C1CC1C(=O)Nc1ccccc1C(C)(C)C. The molecule has 27 heavy (non-hydrogen) atoms. The number of benzene rings is 2. The summed E-state index contributed by atoms with van der Waals surface area (Å²) in [5.41, 5.74) is 3.45. The van der Waals surface area contributed by atoms with Gasteiger partial charge in [0.2, 0.25) is 11.8 Å². The fraction of sp³-hybridized carbons (Fsp3) is 0.364. The quantitative estimate of drug-likeness (QED) is 0.764. The average molecular weight is 385 g/mol. The van der Waals surface area contributed by atoms with Gasteiger partial charge in [-0.15, -0.1) is 0 Å². The van der Waals surface area contributed by atoms with E-state index >= 15 is 0 Å². The molecule has 2 aromatic rings. The Balaban J connectivity index is 1.63. The standard InChI is InChI=1S/C22H25ClN2O2/c1-13-11-14(23)9-10-18(13)24-20(26)15-12-16(15)21(27)25-19-8-6-5-7-17(19)22(2,3)4/h5-11,15-16H,12H2,1-4H3,(H,24,26)(H,25,27). The van der Waals surface area contributed by atoms with Crippen molar-refractivity contribution in [1.82, 2.24) is 0 Å². The van der Waals surface area contributed by atoms with Crippen LogP contribution in [0.3, 0.4) is 0 Å². The zero-order valence-electron chi connectivity index (χ0n) is 16.1. The topological polar surface area (TPSA) is 58.2 Å². The molecular formula is C22H25ClN2O2. The second-order valence-corrected chi connectivity index (χ2v) is 8.62. The van der Waals surface area contributed by atoms with Crippen molar-refractivity contribution in [3.8, 4) is 0 Å². The molecule has 2 amide bonds. The highest BCUT2D eigenvalue weighted by Gasteiger charge is 2.48. The Bertz CT molecular complexity index is 886. The number of hydrogen-bond acceptors (Lipinski definition) is 2. The monoisotopic (exact) mass is 384 g/mol. The second-order valence-electron chi connectivity index (χ2n) is 8.18. The van der Waals surface area contributed by atoms with E-state index in [-0.39, 0.29) is 29.1 Å². The third-order valence-corrected chi connectivity index (χ3v) is 5.14. The normalized spacial score (nSPS) is 18.7. The van der Waals surface area contributed by atoms with Gasteiger partial charge in [-0.3, -0.25) is 9.59 Å². The molecule has 1 aliphatic rings. The van der Waals surface area contributed by atoms with Crippen LogP contribution < -0.4 is 10.6 Å². The number of rotatable bonds is 4. The molecule has 2 unspecified atom stereocenters. The summed E-state index contributed by atoms with van der Waals surface area (Å²) in [5, 5.41) is 6.55. The number of halogens is 1. The first-order chi connectivity index (χ1) is 12.7. The zero-order valence-corrected chi connectivity index (χ0v) is 16.9. The molecular weight excluding hydrogens is 360 g/mol. The van der Waals surface area contributed by atoms with Gasteiger partial charge < -0.3 is 10.6 Å². The van der Waals surface area contributed by atoms with Gasteiger partial charge in [-0.25, -0.2) is 0 Å². The molecule has 0 bridgehead atoms. The van der Waals surface area contributed by atoms with E-state index in [0.29, 0.717) is 11.4 Å². The molecule has 5 heteroatoms. The van der Waals surface area contributed by atoms with Gasteiger partial charge in [-0.1, -0.05) is 50.6 Å². The van der Waals surface area contributed by atoms with Crippen molar-refractivity contribution in [1.29, 1.82) is 0 Å². The molecule has 142 valence electrons. The van der Waals surface area contributed by atoms with E-state index in [0.717, 1.165) is 22.5 Å². The highest BCUT2D eigenvalue weighted by molar-refractivity contribution is 6.30. The molecule has 0 aliphatic heterocycles. The Hall–Kier alpha value is -2.33. The van der Waals surface area contributed by atoms with Gasteiger partial charge in [0.25, 0.3) is 0 Å². The fourth-order valence-corrected chi connectivity index (χ4v) is 3.47. The van der Waals surface area contributed by atoms with Crippen molar-refractivity contribution >= 4 is 34.8 Å². The van der Waals surface area contributed by atoms with Crippen molar-refractivity contribution in [3.05, 3.63) is 58.6 Å². The van der Waals surface area contributed by atoms with E-state index in [1.165, 1.54) is 0 Å². The van der Waals surface area contributed by atoms with Gasteiger partial charge in [0.05, 0.1) is 11.8 Å². The lowest BCUT2D eigenvalue weighted by atomic mass is 9.86. The van der Waals surface area contributed by atoms with Gasteiger partial charge >= 0.3 is 0 Å². The minimum atomic E-state index is -0.290. The van der Waals surface area contributed by atoms with Crippen molar-refractivity contribution in [2.75, 3.05) is 10.6 Å². The molecule has 1 saturated carbocycles. The number of anilines is 2. The highest BCUT2D eigenvalue weighted by Crippen LogP contribution is 2.41. The van der Waals surface area contributed by atoms with Crippen LogP contribution in [0.25, 0.3) is 0 Å². The van der Waals surface area contributed by atoms with Gasteiger partial charge in [0.1, 0.15) is 0 Å². The average Bonchev–Trinajstić information content (AvgIpc) is 3.38. The van der Waals surface area contributed by atoms with Crippen LogP contribution in [0.5, 0.6) is 0 Å². The lowest BCUT2D eigenvalue weighted by Gasteiger charge is -2.23. The maximum Gasteiger partial charge on any atom is 0.228 e. The summed E-state index contributed by atoms with van der Waals surface area (Å²) in [5.74, 6) is -0.795. The summed E-state index contributed by atoms with van der Waals surface area (Å²) < 4.78 is 0. The van der Waals surface area contributed by atoms with E-state index in [4.69, 9.17) is 11.6 Å². The molecule has 0 radical (unpaired) electrons. The number of hydrogen-bond donors (Lipinski definition) is 2. The molecule has 2 N–H and O–H groups in total. The predicted molar refractivity (Wildman–Crippen MR) is 110 cm³/mol. The van der Waals surface area contributed by atoms with E-state index < -0.39 is 0 Å². The molecule has 1 aliphatic carbocycles. The Morgan fingerprint density at radius 1 is 0.963 bits per heavy atom. The van der Waals surface area contributed by atoms with Crippen LogP contribution in [0.1, 0.15) is 38.3 Å². The highest BCUT2D eigenvalue weighted by atomic mass is 35.5. The number of carbonyl (C=O) groups is 2. The summed E-state index contributed by atoms with van der Waals surface area (Å²) in [7, 11) is 0. The Labute approximate surface area is 165 Å². The van der Waals surface area contributed by atoms with Crippen molar-refractivity contribution in [2.45, 2.75) is 39.5 Å². The van der Waals surface area contributed by atoms with Crippen LogP contribution in [0, 0.1) is 18.8 Å². The van der Waals surface area contributed by atoms with Crippen LogP contribution in [0.15, 0.2) is 42.5 Å². The molecule has 2 atom stereocenters. The van der Waals surface area contributed by atoms with Crippen molar-refractivity contribution in [3.63, 3.8) is 0 Å². The molecule has 3 rings (SSSR count). The number of para-hydroxylation sites is 1. The Kier molecular flexibility index (Phi) is 5.29.